The molecule has 1 amide bonds. The first kappa shape index (κ1) is 14.7. The van der Waals surface area contributed by atoms with Crippen LogP contribution in [0.25, 0.3) is 5.65 Å². The van der Waals surface area contributed by atoms with E-state index in [1.807, 2.05) is 0 Å². The highest BCUT2D eigenvalue weighted by Crippen LogP contribution is 1.95. The number of amides is 1. The van der Waals surface area contributed by atoms with Gasteiger partial charge in [-0.15, -0.1) is 5.10 Å². The van der Waals surface area contributed by atoms with Gasteiger partial charge in [0.25, 0.3) is 0 Å². The molecular weight excluding hydrogens is 280 g/mol. The van der Waals surface area contributed by atoms with Gasteiger partial charge in [-0.3, -0.25) is 9.20 Å². The second-order valence-electron chi connectivity index (χ2n) is 4.36. The van der Waals surface area contributed by atoms with Crippen molar-refractivity contribution in [2.24, 2.45) is 0 Å². The van der Waals surface area contributed by atoms with Gasteiger partial charge in [0.1, 0.15) is 6.54 Å². The topological polar surface area (TPSA) is 126 Å². The average Bonchev–Trinajstić information content (AvgIpc) is 2.75. The minimum atomic E-state index is -1.52. The fourth-order valence-electron chi connectivity index (χ4n) is 1.73. The van der Waals surface area contributed by atoms with Crippen molar-refractivity contribution in [1.29, 1.82) is 0 Å². The summed E-state index contributed by atoms with van der Waals surface area (Å²) in [7, 11) is 0. The monoisotopic (exact) mass is 294 g/mol. The molecule has 1 unspecified atom stereocenters. The summed E-state index contributed by atoms with van der Waals surface area (Å²) < 4.78 is 2.32. The van der Waals surface area contributed by atoms with Crippen LogP contribution in [0.15, 0.2) is 29.2 Å². The minimum absolute atomic E-state index is 0.00553. The second kappa shape index (κ2) is 6.18. The molecule has 2 rings (SSSR count). The molecule has 9 heteroatoms. The Balaban J connectivity index is 1.94. The van der Waals surface area contributed by atoms with Crippen LogP contribution in [0.2, 0.25) is 0 Å². The van der Waals surface area contributed by atoms with Crippen molar-refractivity contribution in [3.05, 3.63) is 34.9 Å². The lowest BCUT2D eigenvalue weighted by atomic mass is 10.2. The highest BCUT2D eigenvalue weighted by molar-refractivity contribution is 5.76. The number of carboxylic acid groups (broad SMARTS) is 1. The van der Waals surface area contributed by atoms with Gasteiger partial charge >= 0.3 is 11.7 Å². The fraction of sp³-hybridized carbons (Fsp3) is 0.333. The maximum Gasteiger partial charge on any atom is 0.350 e. The van der Waals surface area contributed by atoms with Crippen LogP contribution in [-0.2, 0) is 16.1 Å². The molecule has 2 heterocycles. The third-order valence-electron chi connectivity index (χ3n) is 2.81. The van der Waals surface area contributed by atoms with Crippen LogP contribution in [0.1, 0.15) is 6.42 Å². The molecule has 3 N–H and O–H groups in total. The number of aliphatic hydroxyl groups excluding tert-OH is 1. The van der Waals surface area contributed by atoms with Gasteiger partial charge in [-0.2, -0.15) is 0 Å². The normalized spacial score (nSPS) is 12.2. The third kappa shape index (κ3) is 3.45. The first-order chi connectivity index (χ1) is 9.99. The Hall–Kier alpha value is -2.68. The number of hydrogen-bond acceptors (Lipinski definition) is 5. The number of fused-ring (bicyclic) bond motifs is 1. The van der Waals surface area contributed by atoms with Crippen molar-refractivity contribution in [1.82, 2.24) is 19.5 Å². The van der Waals surface area contributed by atoms with Crippen molar-refractivity contribution in [2.45, 2.75) is 19.1 Å². The lowest BCUT2D eigenvalue weighted by Crippen LogP contribution is -2.35. The first-order valence-electron chi connectivity index (χ1n) is 6.21. The molecule has 0 spiro atoms. The Morgan fingerprint density at radius 3 is 2.81 bits per heavy atom. The molecule has 2 aromatic heterocycles. The van der Waals surface area contributed by atoms with Crippen LogP contribution in [0, 0.1) is 0 Å². The number of carbonyl (C=O) groups excluding carboxylic acids is 1. The summed E-state index contributed by atoms with van der Waals surface area (Å²) in [5.41, 5.74) is -0.0112. The van der Waals surface area contributed by atoms with Crippen LogP contribution < -0.4 is 11.0 Å². The quantitative estimate of drug-likeness (QED) is 0.592. The molecule has 9 nitrogen and oxygen atoms in total. The zero-order valence-corrected chi connectivity index (χ0v) is 11.0. The van der Waals surface area contributed by atoms with Crippen LogP contribution in [0.5, 0.6) is 0 Å². The van der Waals surface area contributed by atoms with Crippen LogP contribution in [-0.4, -0.2) is 48.9 Å². The van der Waals surface area contributed by atoms with E-state index in [9.17, 15) is 14.4 Å². The van der Waals surface area contributed by atoms with Gasteiger partial charge < -0.3 is 15.5 Å². The van der Waals surface area contributed by atoms with Gasteiger partial charge in [0, 0.05) is 19.2 Å². The molecule has 0 aromatic carbocycles. The van der Waals surface area contributed by atoms with Crippen LogP contribution >= 0.6 is 0 Å². The summed E-state index contributed by atoms with van der Waals surface area (Å²) in [6.45, 7) is -0.280. The minimum Gasteiger partial charge on any atom is -0.479 e. The number of aromatic nitrogens is 3. The van der Waals surface area contributed by atoms with E-state index in [0.29, 0.717) is 5.65 Å². The maximum atomic E-state index is 11.9. The number of nitrogens with zero attached hydrogens (tertiary/aromatic N) is 3. The van der Waals surface area contributed by atoms with Crippen molar-refractivity contribution in [2.75, 3.05) is 6.54 Å². The molecule has 1 atom stereocenters. The number of rotatable bonds is 6. The predicted molar refractivity (Wildman–Crippen MR) is 70.7 cm³/mol. The molecule has 0 aliphatic heterocycles. The van der Waals surface area contributed by atoms with Crippen molar-refractivity contribution >= 4 is 17.5 Å². The van der Waals surface area contributed by atoms with Gasteiger partial charge in [-0.25, -0.2) is 14.3 Å². The van der Waals surface area contributed by atoms with Crippen LogP contribution in [0.4, 0.5) is 0 Å². The van der Waals surface area contributed by atoms with Crippen molar-refractivity contribution in [3.63, 3.8) is 0 Å². The van der Waals surface area contributed by atoms with Gasteiger partial charge in [-0.05, 0) is 12.1 Å². The number of aliphatic hydroxyl groups is 1. The van der Waals surface area contributed by atoms with Crippen molar-refractivity contribution < 1.29 is 19.8 Å². The zero-order valence-electron chi connectivity index (χ0n) is 11.0. The summed E-state index contributed by atoms with van der Waals surface area (Å²) in [5.74, 6) is -1.83. The first-order valence-corrected chi connectivity index (χ1v) is 6.21. The SMILES string of the molecule is O=C(Cn1nc2ccccn2c1=O)NCCC(O)C(=O)O. The van der Waals surface area contributed by atoms with E-state index < -0.39 is 23.7 Å². The Morgan fingerprint density at radius 2 is 2.14 bits per heavy atom. The Kier molecular flexibility index (Phi) is 4.33. The van der Waals surface area contributed by atoms with Crippen LogP contribution in [0.3, 0.4) is 0 Å². The highest BCUT2D eigenvalue weighted by Gasteiger charge is 2.14. The molecule has 0 aliphatic rings. The van der Waals surface area contributed by atoms with E-state index in [1.54, 1.807) is 24.4 Å². The summed E-state index contributed by atoms with van der Waals surface area (Å²) in [6.07, 6.45) is -0.0908. The lowest BCUT2D eigenvalue weighted by Gasteiger charge is -2.06. The largest absolute Gasteiger partial charge is 0.479 e. The Bertz CT molecular complexity index is 720. The van der Waals surface area contributed by atoms with E-state index >= 15 is 0 Å². The molecule has 0 radical (unpaired) electrons. The van der Waals surface area contributed by atoms with E-state index in [4.69, 9.17) is 10.2 Å². The maximum absolute atomic E-state index is 11.9. The van der Waals surface area contributed by atoms with Crippen molar-refractivity contribution in [3.8, 4) is 0 Å². The molecule has 0 aliphatic carbocycles. The highest BCUT2D eigenvalue weighted by atomic mass is 16.4. The molecule has 2 aromatic rings. The van der Waals surface area contributed by atoms with E-state index in [2.05, 4.69) is 10.4 Å². The predicted octanol–water partition coefficient (Wildman–Crippen LogP) is -1.55. The van der Waals surface area contributed by atoms with E-state index in [1.165, 1.54) is 4.40 Å². The molecule has 0 saturated heterocycles. The number of aliphatic carboxylic acids is 1. The lowest BCUT2D eigenvalue weighted by molar-refractivity contribution is -0.147. The Morgan fingerprint density at radius 1 is 1.38 bits per heavy atom. The summed E-state index contributed by atoms with van der Waals surface area (Å²) in [5, 5.41) is 23.9. The number of carboxylic acids is 1. The second-order valence-corrected chi connectivity index (χ2v) is 4.36. The van der Waals surface area contributed by atoms with Gasteiger partial charge in [0.2, 0.25) is 5.91 Å². The van der Waals surface area contributed by atoms with Gasteiger partial charge in [0.05, 0.1) is 0 Å². The molecule has 0 bridgehead atoms. The van der Waals surface area contributed by atoms with Gasteiger partial charge in [-0.1, -0.05) is 6.07 Å². The zero-order chi connectivity index (χ0) is 15.4. The molecular formula is C12H14N4O5. The third-order valence-corrected chi connectivity index (χ3v) is 2.81. The Labute approximate surface area is 118 Å². The average molecular weight is 294 g/mol. The number of pyridine rings is 1. The number of carbonyl (C=O) groups is 2. The van der Waals surface area contributed by atoms with E-state index in [0.717, 1.165) is 4.68 Å². The fourth-order valence-corrected chi connectivity index (χ4v) is 1.73. The summed E-state index contributed by atoms with van der Waals surface area (Å²) >= 11 is 0. The molecule has 0 fully saturated rings. The molecule has 112 valence electrons. The van der Waals surface area contributed by atoms with Gasteiger partial charge in [0.15, 0.2) is 11.8 Å². The number of nitrogens with one attached hydrogen (secondary N) is 1. The van der Waals surface area contributed by atoms with E-state index in [-0.39, 0.29) is 19.5 Å². The molecule has 0 saturated carbocycles. The summed E-state index contributed by atoms with van der Waals surface area (Å²) in [6, 6.07) is 5.03. The number of hydrogen-bond donors (Lipinski definition) is 3. The summed E-state index contributed by atoms with van der Waals surface area (Å²) in [4.78, 5) is 33.9. The smallest absolute Gasteiger partial charge is 0.350 e. The standard InChI is InChI=1S/C12H14N4O5/c17-8(11(19)20)4-5-13-10(18)7-16-12(21)15-6-2-1-3-9(15)14-16/h1-3,6,8,17H,4-5,7H2,(H,13,18)(H,19,20). The molecule has 21 heavy (non-hydrogen) atoms.